The van der Waals surface area contributed by atoms with Crippen molar-refractivity contribution >= 4 is 28.5 Å². The van der Waals surface area contributed by atoms with Crippen molar-refractivity contribution in [2.75, 3.05) is 66.0 Å². The first-order valence-corrected chi connectivity index (χ1v) is 20.3. The number of anilines is 1. The number of aromatic amines is 1. The van der Waals surface area contributed by atoms with E-state index in [1.807, 2.05) is 62.2 Å². The lowest BCUT2D eigenvalue weighted by Gasteiger charge is -2.63. The van der Waals surface area contributed by atoms with E-state index in [2.05, 4.69) is 26.9 Å². The molecule has 12 nitrogen and oxygen atoms in total. The average molecular weight is 769 g/mol. The number of aromatic nitrogens is 1. The zero-order valence-corrected chi connectivity index (χ0v) is 33.4. The van der Waals surface area contributed by atoms with Gasteiger partial charge in [0.25, 0.3) is 0 Å². The van der Waals surface area contributed by atoms with Crippen molar-refractivity contribution < 1.29 is 39.1 Å². The van der Waals surface area contributed by atoms with Crippen LogP contribution in [0, 0.1) is 11.3 Å². The Kier molecular flexibility index (Phi) is 8.59. The van der Waals surface area contributed by atoms with Crippen LogP contribution >= 0.6 is 0 Å². The summed E-state index contributed by atoms with van der Waals surface area (Å²) in [6.07, 6.45) is 5.82. The molecular weight excluding hydrogens is 713 g/mol. The number of likely N-dealkylation sites (N-methyl/N-ethyl adjacent to an activating group) is 1. The molecule has 9 rings (SSSR count). The minimum atomic E-state index is -2.29. The van der Waals surface area contributed by atoms with Crippen molar-refractivity contribution in [1.82, 2.24) is 14.8 Å². The predicted octanol–water partition coefficient (Wildman–Crippen LogP) is 3.42. The molecule has 5 aliphatic heterocycles. The number of aliphatic hydroxyl groups excluding tert-OH is 1. The number of ether oxygens (including phenoxy) is 3. The van der Waals surface area contributed by atoms with Crippen LogP contribution in [0.2, 0.25) is 0 Å². The smallest absolute Gasteiger partial charge is 0.342 e. The molecule has 4 N–H and O–H groups in total. The second kappa shape index (κ2) is 12.8. The molecule has 2 bridgehead atoms. The van der Waals surface area contributed by atoms with Crippen molar-refractivity contribution in [3.63, 3.8) is 0 Å². The Hall–Kier alpha value is -3.94. The quantitative estimate of drug-likeness (QED) is 0.216. The number of benzene rings is 2. The monoisotopic (exact) mass is 768 g/mol. The van der Waals surface area contributed by atoms with Crippen molar-refractivity contribution in [3.8, 4) is 5.75 Å². The number of methoxy groups -OCH3 is 3. The van der Waals surface area contributed by atoms with E-state index in [4.69, 9.17) is 14.2 Å². The molecule has 2 saturated heterocycles. The Morgan fingerprint density at radius 3 is 2.45 bits per heavy atom. The maximum absolute atomic E-state index is 15.2. The van der Waals surface area contributed by atoms with E-state index >= 15 is 4.79 Å². The lowest BCUT2D eigenvalue weighted by molar-refractivity contribution is -0.218. The molecule has 3 aromatic rings. The number of hydrogen-bond donors (Lipinski definition) is 4. The van der Waals surface area contributed by atoms with Gasteiger partial charge < -0.3 is 39.4 Å². The summed E-state index contributed by atoms with van der Waals surface area (Å²) in [4.78, 5) is 39.7. The Morgan fingerprint density at radius 1 is 0.964 bits per heavy atom. The number of piperidine rings is 1. The number of nitrogens with one attached hydrogen (secondary N) is 1. The largest absolute Gasteiger partial charge is 0.496 e. The highest BCUT2D eigenvalue weighted by Crippen LogP contribution is 2.67. The second-order valence-corrected chi connectivity index (χ2v) is 17.6. The molecule has 10 atom stereocenters. The summed E-state index contributed by atoms with van der Waals surface area (Å²) >= 11 is 0. The number of carbonyl (C=O) groups excluding carboxylic acids is 2. The van der Waals surface area contributed by atoms with Gasteiger partial charge in [0.05, 0.1) is 33.0 Å². The first-order valence-electron chi connectivity index (χ1n) is 20.3. The third kappa shape index (κ3) is 4.59. The van der Waals surface area contributed by atoms with Crippen LogP contribution in [0.3, 0.4) is 0 Å². The van der Waals surface area contributed by atoms with Crippen LogP contribution in [-0.2, 0) is 36.3 Å². The fourth-order valence-corrected chi connectivity index (χ4v) is 13.2. The highest BCUT2D eigenvalue weighted by atomic mass is 16.5. The molecule has 0 amide bonds. The molecule has 2 aromatic carbocycles. The number of aliphatic hydroxyl groups is 3. The predicted molar refractivity (Wildman–Crippen MR) is 211 cm³/mol. The minimum Gasteiger partial charge on any atom is -0.496 e. The fraction of sp³-hybridized carbons (Fsp3) is 0.591. The normalized spacial score (nSPS) is 38.4. The van der Waals surface area contributed by atoms with E-state index in [1.165, 1.54) is 14.2 Å². The van der Waals surface area contributed by atoms with Gasteiger partial charge >= 0.3 is 11.9 Å². The van der Waals surface area contributed by atoms with Crippen LogP contribution in [0.25, 0.3) is 10.9 Å². The molecule has 300 valence electrons. The molecule has 1 aliphatic carbocycles. The molecule has 1 aromatic heterocycles. The van der Waals surface area contributed by atoms with Crippen LogP contribution in [0.1, 0.15) is 68.3 Å². The van der Waals surface area contributed by atoms with Crippen molar-refractivity contribution in [3.05, 3.63) is 70.9 Å². The molecule has 3 fully saturated rings. The zero-order chi connectivity index (χ0) is 39.6. The van der Waals surface area contributed by atoms with E-state index in [1.54, 1.807) is 7.11 Å². The van der Waals surface area contributed by atoms with Gasteiger partial charge in [-0.05, 0) is 74.2 Å². The van der Waals surface area contributed by atoms with Crippen LogP contribution < -0.4 is 9.64 Å². The zero-order valence-electron chi connectivity index (χ0n) is 33.4. The third-order valence-corrected chi connectivity index (χ3v) is 15.4. The number of nitrogens with zero attached hydrogens (tertiary/aromatic N) is 3. The van der Waals surface area contributed by atoms with Gasteiger partial charge in [-0.2, -0.15) is 0 Å². The van der Waals surface area contributed by atoms with Gasteiger partial charge in [0.2, 0.25) is 5.60 Å². The average Bonchev–Trinajstić information content (AvgIpc) is 3.87. The summed E-state index contributed by atoms with van der Waals surface area (Å²) < 4.78 is 17.6. The Labute approximate surface area is 328 Å². The highest BCUT2D eigenvalue weighted by Gasteiger charge is 2.79. The van der Waals surface area contributed by atoms with Gasteiger partial charge in [-0.3, -0.25) is 14.6 Å². The van der Waals surface area contributed by atoms with Crippen LogP contribution in [0.15, 0.2) is 48.6 Å². The molecule has 1 saturated carbocycles. The number of para-hydroxylation sites is 1. The SMILES string of the molecule is CC[C@]1(O)C[C@@H]2CN(CCc3c([nH]c4ccccc34)[C@@](C(=O)OC)(c3cc4c(cc3OC)N(C)[C@H]3[C@@](O)(C(=O)OC)[C@H](O)[C@]5(CC)C=CCN6CC[C@]43[C@@H]65)C2)C1. The number of hydrogen-bond acceptors (Lipinski definition) is 11. The van der Waals surface area contributed by atoms with Gasteiger partial charge in [0, 0.05) is 84.0 Å². The molecule has 6 heterocycles. The van der Waals surface area contributed by atoms with E-state index in [0.29, 0.717) is 69.5 Å². The molecule has 56 heavy (non-hydrogen) atoms. The lowest BCUT2D eigenvalue weighted by Crippen LogP contribution is -2.80. The van der Waals surface area contributed by atoms with E-state index in [9.17, 15) is 20.1 Å². The second-order valence-electron chi connectivity index (χ2n) is 17.6. The summed E-state index contributed by atoms with van der Waals surface area (Å²) in [7, 11) is 6.17. The molecular formula is C44H56N4O8. The minimum absolute atomic E-state index is 0.0795. The first kappa shape index (κ1) is 37.6. The third-order valence-electron chi connectivity index (χ3n) is 15.4. The fourth-order valence-electron chi connectivity index (χ4n) is 13.2. The van der Waals surface area contributed by atoms with Crippen LogP contribution in [0.5, 0.6) is 5.75 Å². The number of rotatable bonds is 6. The topological polar surface area (TPSA) is 148 Å². The summed E-state index contributed by atoms with van der Waals surface area (Å²) in [5.41, 5.74) is -1.43. The van der Waals surface area contributed by atoms with E-state index in [0.717, 1.165) is 46.5 Å². The van der Waals surface area contributed by atoms with Crippen LogP contribution in [-0.4, -0.2) is 133 Å². The number of esters is 2. The van der Waals surface area contributed by atoms with Gasteiger partial charge in [0.15, 0.2) is 0 Å². The summed E-state index contributed by atoms with van der Waals surface area (Å²) in [6.45, 7) is 7.41. The van der Waals surface area contributed by atoms with Crippen molar-refractivity contribution in [1.29, 1.82) is 0 Å². The standard InChI is InChI=1S/C44H56N4O8/c1-7-40(52)22-26-23-43(38(50)55-5,34-28(14-18-47(24-26)25-40)27-12-9-10-13-31(27)45-34)30-20-29-32(21-33(30)54-4)46(3)36-42(29)16-19-48-17-11-15-41(8-2,35(42)48)37(49)44(36,53)39(51)56-6/h9-13,15,20-21,26,35-37,45,49,52-53H,7-8,14,16-19,22-25H2,1-6H3/t26-,35-,36+,37+,40-,41+,42+,43-,44-/m0/s1. The first-order chi connectivity index (χ1) is 26.8. The van der Waals surface area contributed by atoms with Gasteiger partial charge in [-0.25, -0.2) is 4.79 Å². The summed E-state index contributed by atoms with van der Waals surface area (Å²) in [6, 6.07) is 11.1. The van der Waals surface area contributed by atoms with E-state index < -0.39 is 51.5 Å². The Bertz CT molecular complexity index is 2140. The Morgan fingerprint density at radius 2 is 1.73 bits per heavy atom. The number of carbonyl (C=O) groups is 2. The molecule has 1 spiro atoms. The molecule has 12 heteroatoms. The lowest BCUT2D eigenvalue weighted by atomic mass is 9.47. The molecule has 0 radical (unpaired) electrons. The summed E-state index contributed by atoms with van der Waals surface area (Å²) in [5, 5.41) is 38.3. The van der Waals surface area contributed by atoms with Gasteiger partial charge in [-0.1, -0.05) is 44.2 Å². The van der Waals surface area contributed by atoms with Crippen molar-refractivity contribution in [2.24, 2.45) is 11.3 Å². The molecule has 1 unspecified atom stereocenters. The van der Waals surface area contributed by atoms with Gasteiger partial charge in [-0.15, -0.1) is 0 Å². The molecule has 6 aliphatic rings. The van der Waals surface area contributed by atoms with Crippen molar-refractivity contribution in [2.45, 2.75) is 92.6 Å². The highest BCUT2D eigenvalue weighted by molar-refractivity contribution is 5.95. The maximum Gasteiger partial charge on any atom is 0.342 e. The van der Waals surface area contributed by atoms with Gasteiger partial charge in [0.1, 0.15) is 17.3 Å². The Balaban J connectivity index is 1.36. The summed E-state index contributed by atoms with van der Waals surface area (Å²) in [5.74, 6) is -0.908. The number of fused-ring (bicyclic) bond motifs is 6. The van der Waals surface area contributed by atoms with Crippen LogP contribution in [0.4, 0.5) is 5.69 Å². The maximum atomic E-state index is 15.2. The van der Waals surface area contributed by atoms with E-state index in [-0.39, 0.29) is 12.0 Å². The number of H-pyrrole nitrogens is 1.